The molecule has 1 aliphatic heterocycles. The van der Waals surface area contributed by atoms with E-state index in [1.54, 1.807) is 23.1 Å². The molecule has 30 heavy (non-hydrogen) atoms. The number of rotatable bonds is 4. The van der Waals surface area contributed by atoms with Gasteiger partial charge < -0.3 is 14.5 Å². The second kappa shape index (κ2) is 8.44. The molecule has 0 spiro atoms. The Bertz CT molecular complexity index is 1050. The summed E-state index contributed by atoms with van der Waals surface area (Å²) in [6, 6.07) is 13.2. The number of piperazine rings is 1. The lowest BCUT2D eigenvalue weighted by atomic mass is 10.1. The van der Waals surface area contributed by atoms with Crippen LogP contribution in [0.25, 0.3) is 0 Å². The fourth-order valence-electron chi connectivity index (χ4n) is 3.42. The van der Waals surface area contributed by atoms with E-state index in [-0.39, 0.29) is 29.4 Å². The van der Waals surface area contributed by atoms with Crippen molar-refractivity contribution in [3.8, 4) is 11.6 Å². The van der Waals surface area contributed by atoms with Crippen molar-refractivity contribution < 1.29 is 18.3 Å². The first-order valence-electron chi connectivity index (χ1n) is 9.57. The normalized spacial score (nSPS) is 16.4. The first-order valence-corrected chi connectivity index (χ1v) is 9.57. The third-order valence-electron chi connectivity index (χ3n) is 4.98. The third kappa shape index (κ3) is 4.22. The van der Waals surface area contributed by atoms with Crippen molar-refractivity contribution in [1.82, 2.24) is 14.9 Å². The SMILES string of the molecule is C[C@H]1CN(c2cc(Oc3ccccc3F)ncn2)CCN1C(=O)c1ccc(F)cc1. The minimum atomic E-state index is -0.473. The second-order valence-corrected chi connectivity index (χ2v) is 7.05. The molecule has 0 N–H and O–H groups in total. The van der Waals surface area contributed by atoms with Crippen molar-refractivity contribution in [2.45, 2.75) is 13.0 Å². The molecule has 1 aliphatic rings. The van der Waals surface area contributed by atoms with Gasteiger partial charge in [0.25, 0.3) is 5.91 Å². The molecule has 154 valence electrons. The minimum Gasteiger partial charge on any atom is -0.436 e. The van der Waals surface area contributed by atoms with Crippen LogP contribution < -0.4 is 9.64 Å². The summed E-state index contributed by atoms with van der Waals surface area (Å²) in [4.78, 5) is 24.9. The number of benzene rings is 2. The summed E-state index contributed by atoms with van der Waals surface area (Å²) in [5, 5.41) is 0. The Labute approximate surface area is 172 Å². The fourth-order valence-corrected chi connectivity index (χ4v) is 3.42. The summed E-state index contributed by atoms with van der Waals surface area (Å²) < 4.78 is 32.5. The van der Waals surface area contributed by atoms with Gasteiger partial charge in [0, 0.05) is 37.3 Å². The molecular weight excluding hydrogens is 390 g/mol. The van der Waals surface area contributed by atoms with Crippen LogP contribution in [0.4, 0.5) is 14.6 Å². The van der Waals surface area contributed by atoms with Gasteiger partial charge in [-0.25, -0.2) is 18.7 Å². The quantitative estimate of drug-likeness (QED) is 0.653. The summed E-state index contributed by atoms with van der Waals surface area (Å²) in [7, 11) is 0. The number of amides is 1. The van der Waals surface area contributed by atoms with E-state index in [0.29, 0.717) is 31.0 Å². The molecule has 0 radical (unpaired) electrons. The Hall–Kier alpha value is -3.55. The van der Waals surface area contributed by atoms with Crippen LogP contribution in [0, 0.1) is 11.6 Å². The Kier molecular flexibility index (Phi) is 5.56. The van der Waals surface area contributed by atoms with Crippen molar-refractivity contribution in [3.05, 3.63) is 78.1 Å². The van der Waals surface area contributed by atoms with E-state index in [1.165, 1.54) is 42.7 Å². The molecule has 2 aromatic carbocycles. The highest BCUT2D eigenvalue weighted by Crippen LogP contribution is 2.26. The molecular formula is C22H20F2N4O2. The smallest absolute Gasteiger partial charge is 0.254 e. The molecule has 8 heteroatoms. The summed E-state index contributed by atoms with van der Waals surface area (Å²) in [6.07, 6.45) is 1.37. The molecule has 2 heterocycles. The van der Waals surface area contributed by atoms with E-state index in [4.69, 9.17) is 4.74 Å². The Morgan fingerprint density at radius 3 is 2.57 bits per heavy atom. The maximum absolute atomic E-state index is 13.8. The van der Waals surface area contributed by atoms with Crippen LogP contribution in [0.1, 0.15) is 17.3 Å². The van der Waals surface area contributed by atoms with Crippen LogP contribution in [0.3, 0.4) is 0 Å². The molecule has 1 amide bonds. The van der Waals surface area contributed by atoms with Crippen LogP contribution in [0.2, 0.25) is 0 Å². The number of halogens is 2. The topological polar surface area (TPSA) is 58.6 Å². The van der Waals surface area contributed by atoms with Gasteiger partial charge >= 0.3 is 0 Å². The number of para-hydroxylation sites is 1. The molecule has 1 saturated heterocycles. The molecule has 1 aromatic heterocycles. The van der Waals surface area contributed by atoms with E-state index < -0.39 is 5.82 Å². The number of hydrogen-bond donors (Lipinski definition) is 0. The molecule has 1 fully saturated rings. The predicted octanol–water partition coefficient (Wildman–Crippen LogP) is 3.90. The van der Waals surface area contributed by atoms with Gasteiger partial charge in [0.15, 0.2) is 11.6 Å². The van der Waals surface area contributed by atoms with Gasteiger partial charge in [-0.2, -0.15) is 0 Å². The lowest BCUT2D eigenvalue weighted by Gasteiger charge is -2.40. The number of ether oxygens (including phenoxy) is 1. The zero-order chi connectivity index (χ0) is 21.1. The van der Waals surface area contributed by atoms with Gasteiger partial charge in [0.2, 0.25) is 5.88 Å². The summed E-state index contributed by atoms with van der Waals surface area (Å²) in [5.41, 5.74) is 0.458. The number of carbonyl (C=O) groups excluding carboxylic acids is 1. The predicted molar refractivity (Wildman–Crippen MR) is 108 cm³/mol. The summed E-state index contributed by atoms with van der Waals surface area (Å²) >= 11 is 0. The highest BCUT2D eigenvalue weighted by Gasteiger charge is 2.29. The Morgan fingerprint density at radius 1 is 1.07 bits per heavy atom. The fraction of sp³-hybridized carbons (Fsp3) is 0.227. The maximum Gasteiger partial charge on any atom is 0.254 e. The molecule has 3 aromatic rings. The zero-order valence-electron chi connectivity index (χ0n) is 16.3. The lowest BCUT2D eigenvalue weighted by molar-refractivity contribution is 0.0673. The van der Waals surface area contributed by atoms with Gasteiger partial charge in [-0.05, 0) is 43.3 Å². The Morgan fingerprint density at radius 2 is 1.83 bits per heavy atom. The second-order valence-electron chi connectivity index (χ2n) is 7.05. The molecule has 6 nitrogen and oxygen atoms in total. The van der Waals surface area contributed by atoms with Crippen molar-refractivity contribution in [3.63, 3.8) is 0 Å². The third-order valence-corrected chi connectivity index (χ3v) is 4.98. The molecule has 0 aliphatic carbocycles. The van der Waals surface area contributed by atoms with Gasteiger partial charge in [0.05, 0.1) is 0 Å². The van der Waals surface area contributed by atoms with E-state index >= 15 is 0 Å². The zero-order valence-corrected chi connectivity index (χ0v) is 16.3. The molecule has 1 atom stereocenters. The summed E-state index contributed by atoms with van der Waals surface area (Å²) in [5.74, 6) is -0.0147. The van der Waals surface area contributed by atoms with Gasteiger partial charge in [-0.3, -0.25) is 4.79 Å². The van der Waals surface area contributed by atoms with E-state index in [9.17, 15) is 13.6 Å². The molecule has 0 unspecified atom stereocenters. The van der Waals surface area contributed by atoms with E-state index in [1.807, 2.05) is 11.8 Å². The van der Waals surface area contributed by atoms with Crippen molar-refractivity contribution in [2.24, 2.45) is 0 Å². The average molecular weight is 410 g/mol. The standard InChI is InChI=1S/C22H20F2N4O2/c1-15-13-27(10-11-28(15)22(29)16-6-8-17(23)9-7-16)20-12-21(26-14-25-20)30-19-5-3-2-4-18(19)24/h2-9,12,14-15H,10-11,13H2,1H3/t15-/m0/s1. The van der Waals surface area contributed by atoms with Crippen LogP contribution >= 0.6 is 0 Å². The number of aromatic nitrogens is 2. The molecule has 4 rings (SSSR count). The molecule has 0 bridgehead atoms. The van der Waals surface area contributed by atoms with Gasteiger partial charge in [0.1, 0.15) is 18.0 Å². The van der Waals surface area contributed by atoms with E-state index in [2.05, 4.69) is 9.97 Å². The van der Waals surface area contributed by atoms with Crippen LogP contribution in [-0.2, 0) is 0 Å². The van der Waals surface area contributed by atoms with Crippen molar-refractivity contribution in [2.75, 3.05) is 24.5 Å². The minimum absolute atomic E-state index is 0.0813. The Balaban J connectivity index is 1.45. The highest BCUT2D eigenvalue weighted by atomic mass is 19.1. The van der Waals surface area contributed by atoms with Crippen LogP contribution in [0.15, 0.2) is 60.9 Å². The van der Waals surface area contributed by atoms with Crippen LogP contribution in [0.5, 0.6) is 11.6 Å². The first-order chi connectivity index (χ1) is 14.5. The summed E-state index contributed by atoms with van der Waals surface area (Å²) in [6.45, 7) is 3.56. The highest BCUT2D eigenvalue weighted by molar-refractivity contribution is 5.94. The van der Waals surface area contributed by atoms with E-state index in [0.717, 1.165) is 0 Å². The number of anilines is 1. The number of hydrogen-bond acceptors (Lipinski definition) is 5. The van der Waals surface area contributed by atoms with Crippen molar-refractivity contribution >= 4 is 11.7 Å². The maximum atomic E-state index is 13.8. The van der Waals surface area contributed by atoms with Gasteiger partial charge in [-0.1, -0.05) is 12.1 Å². The molecule has 0 saturated carbocycles. The number of nitrogens with zero attached hydrogens (tertiary/aromatic N) is 4. The largest absolute Gasteiger partial charge is 0.436 e. The number of carbonyl (C=O) groups is 1. The first kappa shape index (κ1) is 19.8. The van der Waals surface area contributed by atoms with Gasteiger partial charge in [-0.15, -0.1) is 0 Å². The lowest BCUT2D eigenvalue weighted by Crippen LogP contribution is -2.54. The van der Waals surface area contributed by atoms with Crippen molar-refractivity contribution in [1.29, 1.82) is 0 Å². The average Bonchev–Trinajstić information content (AvgIpc) is 2.75. The van der Waals surface area contributed by atoms with Crippen LogP contribution in [-0.4, -0.2) is 46.5 Å². The monoisotopic (exact) mass is 410 g/mol.